The fourth-order valence-corrected chi connectivity index (χ4v) is 4.29. The number of carbonyl (C=O) groups is 1. The standard InChI is InChI=1S/C22H21FN2O3S/c1-15-11-16(2)13-18(12-15)24-22(26)17-7-6-8-19(14-17)29(27,28)25(3)21-10-5-4-9-20(21)23/h4-14H,1-3H3,(H,24,26). The van der Waals surface area contributed by atoms with Gasteiger partial charge in [-0.05, 0) is 67.4 Å². The van der Waals surface area contributed by atoms with Crippen LogP contribution in [-0.4, -0.2) is 21.4 Å². The molecule has 0 bridgehead atoms. The van der Waals surface area contributed by atoms with E-state index < -0.39 is 21.7 Å². The molecule has 3 aromatic rings. The number of nitrogens with zero attached hydrogens (tertiary/aromatic N) is 1. The molecule has 5 nitrogen and oxygen atoms in total. The van der Waals surface area contributed by atoms with Crippen molar-refractivity contribution in [3.63, 3.8) is 0 Å². The third-order valence-electron chi connectivity index (χ3n) is 4.43. The van der Waals surface area contributed by atoms with Gasteiger partial charge in [0.2, 0.25) is 0 Å². The molecule has 3 rings (SSSR count). The van der Waals surface area contributed by atoms with Gasteiger partial charge in [0.15, 0.2) is 0 Å². The molecule has 0 saturated carbocycles. The summed E-state index contributed by atoms with van der Waals surface area (Å²) in [5.41, 5.74) is 2.75. The van der Waals surface area contributed by atoms with Crippen molar-refractivity contribution in [3.05, 3.63) is 89.2 Å². The number of anilines is 2. The summed E-state index contributed by atoms with van der Waals surface area (Å²) in [6.45, 7) is 3.85. The third-order valence-corrected chi connectivity index (χ3v) is 6.19. The van der Waals surface area contributed by atoms with E-state index in [0.29, 0.717) is 5.69 Å². The number of amides is 1. The average molecular weight is 412 g/mol. The maximum absolute atomic E-state index is 14.0. The lowest BCUT2D eigenvalue weighted by molar-refractivity contribution is 0.102. The quantitative estimate of drug-likeness (QED) is 0.670. The van der Waals surface area contributed by atoms with Gasteiger partial charge in [-0.2, -0.15) is 0 Å². The molecular formula is C22H21FN2O3S. The fraction of sp³-hybridized carbons (Fsp3) is 0.136. The predicted molar refractivity (Wildman–Crippen MR) is 112 cm³/mol. The first-order valence-electron chi connectivity index (χ1n) is 8.91. The highest BCUT2D eigenvalue weighted by Crippen LogP contribution is 2.25. The summed E-state index contributed by atoms with van der Waals surface area (Å²) in [4.78, 5) is 12.5. The lowest BCUT2D eigenvalue weighted by atomic mass is 10.1. The number of carbonyl (C=O) groups excluding carboxylic acids is 1. The number of rotatable bonds is 5. The second-order valence-electron chi connectivity index (χ2n) is 6.78. The largest absolute Gasteiger partial charge is 0.322 e. The highest BCUT2D eigenvalue weighted by atomic mass is 32.2. The van der Waals surface area contributed by atoms with Crippen molar-refractivity contribution in [1.29, 1.82) is 0 Å². The van der Waals surface area contributed by atoms with Crippen LogP contribution < -0.4 is 9.62 Å². The molecular weight excluding hydrogens is 391 g/mol. The lowest BCUT2D eigenvalue weighted by Crippen LogP contribution is -2.27. The van der Waals surface area contributed by atoms with Crippen molar-refractivity contribution in [3.8, 4) is 0 Å². The molecule has 1 amide bonds. The molecule has 0 spiro atoms. The van der Waals surface area contributed by atoms with Crippen molar-refractivity contribution in [1.82, 2.24) is 0 Å². The smallest absolute Gasteiger partial charge is 0.264 e. The average Bonchev–Trinajstić information content (AvgIpc) is 2.67. The minimum atomic E-state index is -4.04. The number of nitrogens with one attached hydrogen (secondary N) is 1. The Morgan fingerprint density at radius 3 is 2.24 bits per heavy atom. The molecule has 0 atom stereocenters. The second-order valence-corrected chi connectivity index (χ2v) is 8.75. The zero-order valence-corrected chi connectivity index (χ0v) is 17.1. The van der Waals surface area contributed by atoms with Crippen molar-refractivity contribution in [2.75, 3.05) is 16.7 Å². The first-order valence-corrected chi connectivity index (χ1v) is 10.4. The summed E-state index contributed by atoms with van der Waals surface area (Å²) in [6.07, 6.45) is 0. The summed E-state index contributed by atoms with van der Waals surface area (Å²) in [7, 11) is -2.77. The van der Waals surface area contributed by atoms with E-state index in [9.17, 15) is 17.6 Å². The Labute approximate surface area is 169 Å². The monoisotopic (exact) mass is 412 g/mol. The molecule has 0 radical (unpaired) electrons. The van der Waals surface area contributed by atoms with Gasteiger partial charge in [0.25, 0.3) is 15.9 Å². The van der Waals surface area contributed by atoms with Gasteiger partial charge >= 0.3 is 0 Å². The number of halogens is 1. The summed E-state index contributed by atoms with van der Waals surface area (Å²) >= 11 is 0. The van der Waals surface area contributed by atoms with Crippen LogP contribution in [0.25, 0.3) is 0 Å². The SMILES string of the molecule is Cc1cc(C)cc(NC(=O)c2cccc(S(=O)(=O)N(C)c3ccccc3F)c2)c1. The maximum atomic E-state index is 14.0. The van der Waals surface area contributed by atoms with Gasteiger partial charge in [0.1, 0.15) is 5.82 Å². The Morgan fingerprint density at radius 1 is 0.931 bits per heavy atom. The van der Waals surface area contributed by atoms with E-state index in [0.717, 1.165) is 15.4 Å². The summed E-state index contributed by atoms with van der Waals surface area (Å²) in [5.74, 6) is -1.08. The summed E-state index contributed by atoms with van der Waals surface area (Å²) in [5, 5.41) is 2.78. The van der Waals surface area contributed by atoms with Gasteiger partial charge in [-0.3, -0.25) is 9.10 Å². The van der Waals surface area contributed by atoms with Crippen molar-refractivity contribution >= 4 is 27.3 Å². The van der Waals surface area contributed by atoms with Gasteiger partial charge < -0.3 is 5.32 Å². The Kier molecular flexibility index (Phi) is 5.70. The Morgan fingerprint density at radius 2 is 1.59 bits per heavy atom. The molecule has 3 aromatic carbocycles. The van der Waals surface area contributed by atoms with Gasteiger partial charge in [0.05, 0.1) is 10.6 Å². The van der Waals surface area contributed by atoms with Crippen molar-refractivity contribution < 1.29 is 17.6 Å². The highest BCUT2D eigenvalue weighted by Gasteiger charge is 2.24. The van der Waals surface area contributed by atoms with Gasteiger partial charge in [-0.15, -0.1) is 0 Å². The molecule has 0 fully saturated rings. The van der Waals surface area contributed by atoms with E-state index in [-0.39, 0.29) is 16.1 Å². The van der Waals surface area contributed by atoms with Crippen LogP contribution in [0.1, 0.15) is 21.5 Å². The number of hydrogen-bond donors (Lipinski definition) is 1. The minimum absolute atomic E-state index is 0.0717. The predicted octanol–water partition coefficient (Wildman–Crippen LogP) is 4.52. The molecule has 29 heavy (non-hydrogen) atoms. The van der Waals surface area contributed by atoms with Gasteiger partial charge in [-0.1, -0.05) is 24.3 Å². The molecule has 7 heteroatoms. The molecule has 150 valence electrons. The molecule has 0 aliphatic carbocycles. The number of hydrogen-bond acceptors (Lipinski definition) is 3. The zero-order valence-electron chi connectivity index (χ0n) is 16.3. The highest BCUT2D eigenvalue weighted by molar-refractivity contribution is 7.92. The van der Waals surface area contributed by atoms with Crippen molar-refractivity contribution in [2.24, 2.45) is 0 Å². The Balaban J connectivity index is 1.90. The molecule has 0 aliphatic rings. The van der Waals surface area contributed by atoms with E-state index in [4.69, 9.17) is 0 Å². The van der Waals surface area contributed by atoms with E-state index in [1.54, 1.807) is 6.07 Å². The van der Waals surface area contributed by atoms with Crippen LogP contribution in [0.4, 0.5) is 15.8 Å². The van der Waals surface area contributed by atoms with Crippen LogP contribution in [0.15, 0.2) is 71.6 Å². The first-order chi connectivity index (χ1) is 13.7. The van der Waals surface area contributed by atoms with E-state index >= 15 is 0 Å². The Bertz CT molecular complexity index is 1160. The summed E-state index contributed by atoms with van der Waals surface area (Å²) in [6, 6.07) is 16.9. The normalized spacial score (nSPS) is 11.2. The fourth-order valence-electron chi connectivity index (χ4n) is 3.04. The molecule has 0 aromatic heterocycles. The number of benzene rings is 3. The second kappa shape index (κ2) is 8.05. The van der Waals surface area contributed by atoms with E-state index in [1.165, 1.54) is 49.5 Å². The molecule has 1 N–H and O–H groups in total. The van der Waals surface area contributed by atoms with Crippen LogP contribution in [0.2, 0.25) is 0 Å². The Hall–Kier alpha value is -3.19. The number of para-hydroxylation sites is 1. The first kappa shape index (κ1) is 20.5. The van der Waals surface area contributed by atoms with Crippen LogP contribution in [0.5, 0.6) is 0 Å². The minimum Gasteiger partial charge on any atom is -0.322 e. The van der Waals surface area contributed by atoms with Crippen LogP contribution in [0, 0.1) is 19.7 Å². The lowest BCUT2D eigenvalue weighted by Gasteiger charge is -2.20. The molecule has 0 heterocycles. The van der Waals surface area contributed by atoms with Gasteiger partial charge in [0, 0.05) is 18.3 Å². The summed E-state index contributed by atoms with van der Waals surface area (Å²) < 4.78 is 40.8. The van der Waals surface area contributed by atoms with E-state index in [1.807, 2.05) is 32.0 Å². The third kappa shape index (κ3) is 4.46. The number of sulfonamides is 1. The molecule has 0 saturated heterocycles. The van der Waals surface area contributed by atoms with Crippen LogP contribution in [-0.2, 0) is 10.0 Å². The topological polar surface area (TPSA) is 66.5 Å². The molecule has 0 aliphatic heterocycles. The number of aryl methyl sites for hydroxylation is 2. The van der Waals surface area contributed by atoms with Crippen LogP contribution in [0.3, 0.4) is 0 Å². The van der Waals surface area contributed by atoms with Crippen molar-refractivity contribution in [2.45, 2.75) is 18.7 Å². The van der Waals surface area contributed by atoms with Gasteiger partial charge in [-0.25, -0.2) is 12.8 Å². The van der Waals surface area contributed by atoms with E-state index in [2.05, 4.69) is 5.32 Å². The maximum Gasteiger partial charge on any atom is 0.264 e. The molecule has 0 unspecified atom stereocenters. The van der Waals surface area contributed by atoms with Crippen LogP contribution >= 0.6 is 0 Å². The zero-order chi connectivity index (χ0) is 21.2.